The van der Waals surface area contributed by atoms with E-state index in [1.54, 1.807) is 6.07 Å². The summed E-state index contributed by atoms with van der Waals surface area (Å²) < 4.78 is 6.57. The molecule has 1 aliphatic rings. The quantitative estimate of drug-likeness (QED) is 0.379. The van der Waals surface area contributed by atoms with Crippen LogP contribution in [0.4, 0.5) is 0 Å². The summed E-state index contributed by atoms with van der Waals surface area (Å²) in [5.41, 5.74) is 0.152. The summed E-state index contributed by atoms with van der Waals surface area (Å²) >= 11 is 2.18. The fourth-order valence-corrected chi connectivity index (χ4v) is 3.42. The van der Waals surface area contributed by atoms with Crippen LogP contribution in [0.5, 0.6) is 0 Å². The van der Waals surface area contributed by atoms with E-state index < -0.39 is 0 Å². The molecule has 0 bridgehead atoms. The summed E-state index contributed by atoms with van der Waals surface area (Å²) in [7, 11) is 4.28. The van der Waals surface area contributed by atoms with Gasteiger partial charge in [0.25, 0.3) is 5.91 Å². The zero-order chi connectivity index (χ0) is 14.5. The molecule has 0 spiro atoms. The number of quaternary nitrogens is 1. The minimum absolute atomic E-state index is 0.0541. The van der Waals surface area contributed by atoms with Crippen molar-refractivity contribution in [3.8, 4) is 0 Å². The zero-order valence-corrected chi connectivity index (χ0v) is 14.2. The van der Waals surface area contributed by atoms with E-state index in [2.05, 4.69) is 67.9 Å². The van der Waals surface area contributed by atoms with E-state index >= 15 is 0 Å². The first-order valence-corrected chi connectivity index (χ1v) is 7.94. The number of amides is 1. The lowest BCUT2D eigenvalue weighted by Crippen LogP contribution is -2.44. The maximum atomic E-state index is 12.3. The van der Waals surface area contributed by atoms with Gasteiger partial charge in [0.2, 0.25) is 5.66 Å². The van der Waals surface area contributed by atoms with Crippen LogP contribution < -0.4 is 5.32 Å². The monoisotopic (exact) mass is 378 g/mol. The van der Waals surface area contributed by atoms with Gasteiger partial charge in [0.1, 0.15) is 5.76 Å². The highest BCUT2D eigenvalue weighted by Crippen LogP contribution is 2.56. The maximum Gasteiger partial charge on any atom is 0.278 e. The predicted molar refractivity (Wildman–Crippen MR) is 80.9 cm³/mol. The molecule has 1 aromatic heterocycles. The maximum absolute atomic E-state index is 12.3. The van der Waals surface area contributed by atoms with Crippen LogP contribution in [0.3, 0.4) is 0 Å². The van der Waals surface area contributed by atoms with Gasteiger partial charge in [0.05, 0.1) is 18.5 Å². The second-order valence-electron chi connectivity index (χ2n) is 5.92. The van der Waals surface area contributed by atoms with Gasteiger partial charge in [-0.05, 0) is 6.92 Å². The third-order valence-electron chi connectivity index (χ3n) is 5.32. The van der Waals surface area contributed by atoms with Gasteiger partial charge in [-0.2, -0.15) is 0 Å². The number of rotatable bonds is 4. The number of halogens is 1. The molecule has 5 nitrogen and oxygen atoms in total. The summed E-state index contributed by atoms with van der Waals surface area (Å²) in [5, 5.41) is 6.95. The van der Waals surface area contributed by atoms with Crippen LogP contribution in [0.25, 0.3) is 0 Å². The number of hydrogen-bond acceptors (Lipinski definition) is 3. The Bertz CT molecular complexity index is 514. The van der Waals surface area contributed by atoms with Gasteiger partial charge in [-0.25, -0.2) is 0 Å². The van der Waals surface area contributed by atoms with Gasteiger partial charge in [-0.15, -0.1) is 0 Å². The molecule has 0 radical (unpaired) electrons. The first kappa shape index (κ1) is 14.8. The Balaban J connectivity index is 2.16. The molecule has 1 aliphatic heterocycles. The number of carbonyl (C=O) groups excluding carboxylic acids is 1. The van der Waals surface area contributed by atoms with Gasteiger partial charge in [-0.1, -0.05) is 34.7 Å². The normalized spacial score (nSPS) is 32.1. The van der Waals surface area contributed by atoms with Gasteiger partial charge in [-0.3, -0.25) is 14.6 Å². The number of aromatic nitrogens is 1. The molecule has 0 aromatic carbocycles. The van der Waals surface area contributed by atoms with Crippen molar-refractivity contribution in [2.75, 3.05) is 14.1 Å². The molecule has 1 fully saturated rings. The van der Waals surface area contributed by atoms with Crippen LogP contribution in [0.2, 0.25) is 0 Å². The van der Waals surface area contributed by atoms with Crippen molar-refractivity contribution >= 4 is 28.5 Å². The molecule has 2 unspecified atom stereocenters. The van der Waals surface area contributed by atoms with E-state index in [9.17, 15) is 4.79 Å². The van der Waals surface area contributed by atoms with Crippen molar-refractivity contribution in [1.29, 1.82) is 0 Å². The van der Waals surface area contributed by atoms with Crippen molar-refractivity contribution in [1.82, 2.24) is 10.5 Å². The smallest absolute Gasteiger partial charge is 0.278 e. The number of likely N-dealkylation sites (N-methyl/N-ethyl adjacent to an activating group) is 1. The van der Waals surface area contributed by atoms with Crippen LogP contribution in [0.15, 0.2) is 10.6 Å². The topological polar surface area (TPSA) is 55.1 Å². The molecular formula is C13H21IN3O2+. The summed E-state index contributed by atoms with van der Waals surface area (Å²) in [6.07, 6.45) is 1.01. The van der Waals surface area contributed by atoms with Crippen LogP contribution in [-0.4, -0.2) is 40.8 Å². The summed E-state index contributed by atoms with van der Waals surface area (Å²) in [5.74, 6) is 0.560. The van der Waals surface area contributed by atoms with E-state index in [1.165, 1.54) is 0 Å². The average Bonchev–Trinajstić information content (AvgIpc) is 2.78. The number of alkyl halides is 1. The third kappa shape index (κ3) is 1.83. The second kappa shape index (κ2) is 4.44. The molecule has 1 amide bonds. The summed E-state index contributed by atoms with van der Waals surface area (Å²) in [4.78, 5) is 12.3. The predicted octanol–water partition coefficient (Wildman–Crippen LogP) is 2.31. The van der Waals surface area contributed by atoms with Crippen LogP contribution >= 0.6 is 22.6 Å². The van der Waals surface area contributed by atoms with Crippen molar-refractivity contribution in [3.63, 3.8) is 0 Å². The molecular weight excluding hydrogens is 357 g/mol. The van der Waals surface area contributed by atoms with E-state index in [0.717, 1.165) is 16.7 Å². The number of carbonyl (C=O) groups is 1. The van der Waals surface area contributed by atoms with Crippen molar-refractivity contribution < 1.29 is 13.8 Å². The SMILES string of the molecule is CCC1(C)C(C)(NC(=O)c2cc(CI)on2)[N+]1(C)C. The van der Waals surface area contributed by atoms with E-state index in [-0.39, 0.29) is 17.1 Å². The lowest BCUT2D eigenvalue weighted by Gasteiger charge is -2.14. The minimum atomic E-state index is -0.262. The number of hydrogen-bond donors (Lipinski definition) is 1. The van der Waals surface area contributed by atoms with E-state index in [0.29, 0.717) is 10.1 Å². The summed E-state index contributed by atoms with van der Waals surface area (Å²) in [6, 6.07) is 1.71. The highest BCUT2D eigenvalue weighted by molar-refractivity contribution is 14.1. The average molecular weight is 378 g/mol. The molecule has 0 saturated carbocycles. The highest BCUT2D eigenvalue weighted by Gasteiger charge is 2.81. The Morgan fingerprint density at radius 1 is 1.53 bits per heavy atom. The van der Waals surface area contributed by atoms with Gasteiger partial charge in [0, 0.05) is 19.4 Å². The molecule has 1 saturated heterocycles. The Morgan fingerprint density at radius 2 is 2.16 bits per heavy atom. The first-order chi connectivity index (χ1) is 8.73. The molecule has 0 aliphatic carbocycles. The fraction of sp³-hybridized carbons (Fsp3) is 0.692. The van der Waals surface area contributed by atoms with Gasteiger partial charge >= 0.3 is 0 Å². The Labute approximate surface area is 127 Å². The Morgan fingerprint density at radius 3 is 2.58 bits per heavy atom. The number of nitrogens with one attached hydrogen (secondary N) is 1. The third-order valence-corrected chi connectivity index (χ3v) is 6.07. The van der Waals surface area contributed by atoms with E-state index in [1.807, 2.05) is 0 Å². The first-order valence-electron chi connectivity index (χ1n) is 6.41. The molecule has 2 heterocycles. The lowest BCUT2D eigenvalue weighted by molar-refractivity contribution is -0.813. The van der Waals surface area contributed by atoms with Crippen molar-refractivity contribution in [3.05, 3.63) is 17.5 Å². The Hall–Kier alpha value is -0.630. The van der Waals surface area contributed by atoms with E-state index in [4.69, 9.17) is 4.52 Å². The largest absolute Gasteiger partial charge is 0.360 e. The molecule has 2 rings (SSSR count). The lowest BCUT2D eigenvalue weighted by atomic mass is 10.0. The summed E-state index contributed by atoms with van der Waals surface area (Å²) in [6.45, 7) is 6.45. The molecule has 19 heavy (non-hydrogen) atoms. The van der Waals surface area contributed by atoms with Crippen LogP contribution in [0.1, 0.15) is 43.4 Å². The van der Waals surface area contributed by atoms with Crippen LogP contribution in [0, 0.1) is 0 Å². The van der Waals surface area contributed by atoms with Gasteiger partial charge in [0.15, 0.2) is 11.2 Å². The van der Waals surface area contributed by atoms with Crippen LogP contribution in [-0.2, 0) is 4.43 Å². The molecule has 6 heteroatoms. The molecule has 1 aromatic rings. The zero-order valence-electron chi connectivity index (χ0n) is 12.1. The van der Waals surface area contributed by atoms with Crippen molar-refractivity contribution in [2.45, 2.75) is 42.8 Å². The minimum Gasteiger partial charge on any atom is -0.360 e. The van der Waals surface area contributed by atoms with Gasteiger partial charge < -0.3 is 4.52 Å². The number of nitrogens with zero attached hydrogens (tertiary/aromatic N) is 2. The fourth-order valence-electron chi connectivity index (χ4n) is 3.06. The van der Waals surface area contributed by atoms with Crippen molar-refractivity contribution in [2.24, 2.45) is 0 Å². The molecule has 1 N–H and O–H groups in total. The Kier molecular flexibility index (Phi) is 3.45. The standard InChI is InChI=1S/C13H20IN3O2/c1-6-12(2)13(3,17(12,4)5)15-11(18)10-7-9(8-14)19-16-10/h7H,6,8H2,1-5H3/p+1. The highest BCUT2D eigenvalue weighted by atomic mass is 127. The second-order valence-corrected chi connectivity index (χ2v) is 6.68. The molecule has 2 atom stereocenters. The molecule has 106 valence electrons.